The summed E-state index contributed by atoms with van der Waals surface area (Å²) in [7, 11) is 1.71. The zero-order chi connectivity index (χ0) is 7.23. The Kier molecular flexibility index (Phi) is 3.72. The molecule has 0 aliphatic carbocycles. The first-order valence-corrected chi connectivity index (χ1v) is 3.73. The van der Waals surface area contributed by atoms with E-state index in [-0.39, 0.29) is 0 Å². The molecule has 1 rings (SSSR count). The second-order valence-electron chi connectivity index (χ2n) is 2.53. The molecule has 10 heavy (non-hydrogen) atoms. The van der Waals surface area contributed by atoms with Crippen LogP contribution in [0.2, 0.25) is 0 Å². The predicted molar refractivity (Wildman–Crippen MR) is 39.1 cm³/mol. The Balaban J connectivity index is 2.15. The van der Waals surface area contributed by atoms with Gasteiger partial charge in [-0.2, -0.15) is 0 Å². The van der Waals surface area contributed by atoms with Gasteiger partial charge in [-0.3, -0.25) is 0 Å². The fraction of sp³-hybridized carbons (Fsp3) is 1.00. The van der Waals surface area contributed by atoms with Crippen molar-refractivity contribution in [2.45, 2.75) is 12.5 Å². The number of hydrogen-bond donors (Lipinski definition) is 1. The Morgan fingerprint density at radius 3 is 3.40 bits per heavy atom. The van der Waals surface area contributed by atoms with Gasteiger partial charge in [-0.1, -0.05) is 0 Å². The van der Waals surface area contributed by atoms with E-state index < -0.39 is 0 Å². The molecule has 1 saturated heterocycles. The number of rotatable bonds is 2. The minimum Gasteiger partial charge on any atom is -0.383 e. The highest BCUT2D eigenvalue weighted by Crippen LogP contribution is 1.94. The molecule has 3 nitrogen and oxygen atoms in total. The zero-order valence-corrected chi connectivity index (χ0v) is 6.43. The number of nitrogens with one attached hydrogen (secondary N) is 1. The van der Waals surface area contributed by atoms with Crippen LogP contribution in [0.25, 0.3) is 0 Å². The highest BCUT2D eigenvalue weighted by Gasteiger charge is 2.09. The van der Waals surface area contributed by atoms with Gasteiger partial charge in [-0.25, -0.2) is 0 Å². The summed E-state index contributed by atoms with van der Waals surface area (Å²) in [6.07, 6.45) is 1.11. The van der Waals surface area contributed by atoms with Crippen molar-refractivity contribution in [1.82, 2.24) is 5.32 Å². The minimum absolute atomic E-state index is 0.396. The van der Waals surface area contributed by atoms with Crippen LogP contribution >= 0.6 is 0 Å². The molecule has 1 aliphatic heterocycles. The lowest BCUT2D eigenvalue weighted by Crippen LogP contribution is -2.35. The molecule has 0 aromatic heterocycles. The quantitative estimate of drug-likeness (QED) is 0.594. The molecule has 1 fully saturated rings. The SMILES string of the molecule is COCC1COCCCN1. The lowest BCUT2D eigenvalue weighted by molar-refractivity contribution is 0.0925. The highest BCUT2D eigenvalue weighted by atomic mass is 16.5. The predicted octanol–water partition coefficient (Wildman–Crippen LogP) is 0.0113. The molecule has 0 aromatic carbocycles. The topological polar surface area (TPSA) is 30.5 Å². The van der Waals surface area contributed by atoms with Crippen molar-refractivity contribution in [2.24, 2.45) is 0 Å². The fourth-order valence-electron chi connectivity index (χ4n) is 1.07. The third-order valence-corrected chi connectivity index (χ3v) is 1.59. The number of ether oxygens (including phenoxy) is 2. The summed E-state index contributed by atoms with van der Waals surface area (Å²) < 4.78 is 10.3. The summed E-state index contributed by atoms with van der Waals surface area (Å²) in [5.41, 5.74) is 0. The van der Waals surface area contributed by atoms with E-state index in [1.807, 2.05) is 0 Å². The minimum atomic E-state index is 0.396. The maximum absolute atomic E-state index is 5.32. The van der Waals surface area contributed by atoms with Crippen molar-refractivity contribution in [1.29, 1.82) is 0 Å². The Bertz CT molecular complexity index is 79.7. The number of methoxy groups -OCH3 is 1. The van der Waals surface area contributed by atoms with Crippen molar-refractivity contribution >= 4 is 0 Å². The first-order valence-electron chi connectivity index (χ1n) is 3.73. The van der Waals surface area contributed by atoms with E-state index in [0.717, 1.165) is 32.8 Å². The molecule has 1 N–H and O–H groups in total. The van der Waals surface area contributed by atoms with Gasteiger partial charge in [-0.05, 0) is 13.0 Å². The average molecular weight is 145 g/mol. The molecule has 1 atom stereocenters. The first kappa shape index (κ1) is 7.98. The Labute approximate surface area is 61.7 Å². The van der Waals surface area contributed by atoms with Crippen molar-refractivity contribution in [2.75, 3.05) is 33.5 Å². The van der Waals surface area contributed by atoms with Crippen molar-refractivity contribution in [3.63, 3.8) is 0 Å². The second-order valence-corrected chi connectivity index (χ2v) is 2.53. The van der Waals surface area contributed by atoms with Gasteiger partial charge >= 0.3 is 0 Å². The Morgan fingerprint density at radius 1 is 1.70 bits per heavy atom. The van der Waals surface area contributed by atoms with E-state index in [9.17, 15) is 0 Å². The zero-order valence-electron chi connectivity index (χ0n) is 6.43. The van der Waals surface area contributed by atoms with Gasteiger partial charge < -0.3 is 14.8 Å². The maximum atomic E-state index is 5.32. The fourth-order valence-corrected chi connectivity index (χ4v) is 1.07. The number of hydrogen-bond acceptors (Lipinski definition) is 3. The lowest BCUT2D eigenvalue weighted by Gasteiger charge is -2.12. The van der Waals surface area contributed by atoms with Crippen LogP contribution in [-0.4, -0.2) is 39.5 Å². The molecule has 0 aromatic rings. The van der Waals surface area contributed by atoms with Gasteiger partial charge in [-0.15, -0.1) is 0 Å². The van der Waals surface area contributed by atoms with E-state index in [1.165, 1.54) is 0 Å². The van der Waals surface area contributed by atoms with Gasteiger partial charge in [0.05, 0.1) is 19.3 Å². The summed E-state index contributed by atoms with van der Waals surface area (Å²) in [6, 6.07) is 0.396. The molecule has 0 radical (unpaired) electrons. The average Bonchev–Trinajstić information content (AvgIpc) is 2.17. The molecule has 0 saturated carbocycles. The summed E-state index contributed by atoms with van der Waals surface area (Å²) in [5, 5.41) is 3.33. The standard InChI is InChI=1S/C7H15NO2/c1-9-5-7-6-10-4-2-3-8-7/h7-8H,2-6H2,1H3. The molecule has 0 spiro atoms. The van der Waals surface area contributed by atoms with Crippen LogP contribution in [0.4, 0.5) is 0 Å². The van der Waals surface area contributed by atoms with Crippen LogP contribution < -0.4 is 5.32 Å². The monoisotopic (exact) mass is 145 g/mol. The van der Waals surface area contributed by atoms with Crippen LogP contribution in [0.3, 0.4) is 0 Å². The molecule has 1 unspecified atom stereocenters. The summed E-state index contributed by atoms with van der Waals surface area (Å²) in [4.78, 5) is 0. The van der Waals surface area contributed by atoms with Crippen molar-refractivity contribution in [3.05, 3.63) is 0 Å². The van der Waals surface area contributed by atoms with E-state index in [4.69, 9.17) is 9.47 Å². The van der Waals surface area contributed by atoms with Gasteiger partial charge in [0.2, 0.25) is 0 Å². The van der Waals surface area contributed by atoms with E-state index in [1.54, 1.807) is 7.11 Å². The van der Waals surface area contributed by atoms with Crippen LogP contribution in [0, 0.1) is 0 Å². The molecule has 60 valence electrons. The Hall–Kier alpha value is -0.120. The lowest BCUT2D eigenvalue weighted by atomic mass is 10.3. The van der Waals surface area contributed by atoms with E-state index >= 15 is 0 Å². The van der Waals surface area contributed by atoms with Crippen LogP contribution in [0.5, 0.6) is 0 Å². The molecular formula is C7H15NO2. The first-order chi connectivity index (χ1) is 4.93. The summed E-state index contributed by atoms with van der Waals surface area (Å²) >= 11 is 0. The molecule has 0 amide bonds. The van der Waals surface area contributed by atoms with E-state index in [2.05, 4.69) is 5.32 Å². The molecule has 1 heterocycles. The van der Waals surface area contributed by atoms with E-state index in [0.29, 0.717) is 6.04 Å². The maximum Gasteiger partial charge on any atom is 0.0642 e. The summed E-state index contributed by atoms with van der Waals surface area (Å²) in [5.74, 6) is 0. The van der Waals surface area contributed by atoms with Gasteiger partial charge in [0, 0.05) is 13.7 Å². The van der Waals surface area contributed by atoms with Crippen LogP contribution in [0.1, 0.15) is 6.42 Å². The molecule has 1 aliphatic rings. The van der Waals surface area contributed by atoms with Crippen molar-refractivity contribution < 1.29 is 9.47 Å². The van der Waals surface area contributed by atoms with Gasteiger partial charge in [0.15, 0.2) is 0 Å². The van der Waals surface area contributed by atoms with Gasteiger partial charge in [0.1, 0.15) is 0 Å². The molecule has 0 bridgehead atoms. The normalized spacial score (nSPS) is 27.9. The largest absolute Gasteiger partial charge is 0.383 e. The summed E-state index contributed by atoms with van der Waals surface area (Å²) in [6.45, 7) is 3.47. The van der Waals surface area contributed by atoms with Gasteiger partial charge in [0.25, 0.3) is 0 Å². The van der Waals surface area contributed by atoms with Crippen molar-refractivity contribution in [3.8, 4) is 0 Å². The van der Waals surface area contributed by atoms with Crippen LogP contribution in [-0.2, 0) is 9.47 Å². The third-order valence-electron chi connectivity index (χ3n) is 1.59. The third kappa shape index (κ3) is 2.64. The second kappa shape index (κ2) is 4.66. The molecular weight excluding hydrogens is 130 g/mol. The highest BCUT2D eigenvalue weighted by molar-refractivity contribution is 4.67. The van der Waals surface area contributed by atoms with Crippen LogP contribution in [0.15, 0.2) is 0 Å². The Morgan fingerprint density at radius 2 is 2.60 bits per heavy atom. The smallest absolute Gasteiger partial charge is 0.0642 e. The molecule has 3 heteroatoms.